The molecule has 0 unspecified atom stereocenters. The molecule has 1 amide bonds. The molecule has 31 heavy (non-hydrogen) atoms. The Labute approximate surface area is 182 Å². The number of nitro groups is 1. The molecule has 3 rings (SSSR count). The largest absolute Gasteiger partial charge is 0.465 e. The molecule has 0 atom stereocenters. The summed E-state index contributed by atoms with van der Waals surface area (Å²) in [5, 5.41) is 10.7. The highest BCUT2D eigenvalue weighted by Crippen LogP contribution is 2.23. The molecule has 2 aromatic carbocycles. The zero-order valence-electron chi connectivity index (χ0n) is 17.3. The molecule has 160 valence electrons. The van der Waals surface area contributed by atoms with Gasteiger partial charge in [0.15, 0.2) is 4.80 Å². The summed E-state index contributed by atoms with van der Waals surface area (Å²) in [5.74, 6) is -0.909. The monoisotopic (exact) mass is 439 g/mol. The van der Waals surface area contributed by atoms with Crippen LogP contribution >= 0.6 is 11.3 Å². The highest BCUT2D eigenvalue weighted by molar-refractivity contribution is 7.16. The first-order chi connectivity index (χ1) is 14.8. The van der Waals surface area contributed by atoms with E-state index in [1.54, 1.807) is 23.6 Å². The highest BCUT2D eigenvalue weighted by Gasteiger charge is 2.14. The molecule has 8 nitrogen and oxygen atoms in total. The van der Waals surface area contributed by atoms with Crippen LogP contribution in [0.15, 0.2) is 47.5 Å². The van der Waals surface area contributed by atoms with Crippen LogP contribution in [0.25, 0.3) is 16.3 Å². The van der Waals surface area contributed by atoms with Crippen LogP contribution in [-0.4, -0.2) is 28.0 Å². The number of ether oxygens (including phenoxy) is 1. The first kappa shape index (κ1) is 22.1. The summed E-state index contributed by atoms with van der Waals surface area (Å²) >= 11 is 1.33. The van der Waals surface area contributed by atoms with Crippen LogP contribution in [0.3, 0.4) is 0 Å². The number of aryl methyl sites for hydroxylation is 2. The van der Waals surface area contributed by atoms with Crippen LogP contribution in [0, 0.1) is 24.0 Å². The van der Waals surface area contributed by atoms with Gasteiger partial charge in [-0.1, -0.05) is 17.4 Å². The Morgan fingerprint density at radius 2 is 1.94 bits per heavy atom. The zero-order chi connectivity index (χ0) is 22.5. The van der Waals surface area contributed by atoms with Gasteiger partial charge in [0.1, 0.15) is 6.54 Å². The number of nitro benzene ring substituents is 1. The lowest BCUT2D eigenvalue weighted by Gasteiger charge is -2.06. The van der Waals surface area contributed by atoms with Gasteiger partial charge in [-0.15, -0.1) is 0 Å². The number of thiazole rings is 1. The summed E-state index contributed by atoms with van der Waals surface area (Å²) in [6, 6.07) is 9.82. The molecule has 1 heterocycles. The maximum Gasteiger partial charge on any atom is 0.326 e. The van der Waals surface area contributed by atoms with Gasteiger partial charge in [-0.05, 0) is 61.7 Å². The van der Waals surface area contributed by atoms with Crippen LogP contribution in [0.2, 0.25) is 0 Å². The third-order valence-corrected chi connectivity index (χ3v) is 5.66. The standard InChI is InChI=1S/C22H21N3O5S/c1-4-30-20(27)13-24-18-12-14(2)11-15(3)21(18)31-22(24)23-19(26)10-7-16-5-8-17(9-6-16)25(28)29/h5-12H,4,13H2,1-3H3/b10-7-,23-22?. The molecule has 0 aliphatic carbocycles. The van der Waals surface area contributed by atoms with Crippen LogP contribution in [0.5, 0.6) is 0 Å². The van der Waals surface area contributed by atoms with Gasteiger partial charge in [0, 0.05) is 18.2 Å². The lowest BCUT2D eigenvalue weighted by atomic mass is 10.1. The number of benzene rings is 2. The molecule has 9 heteroatoms. The molecule has 0 saturated carbocycles. The Hall–Kier alpha value is -3.59. The summed E-state index contributed by atoms with van der Waals surface area (Å²) in [7, 11) is 0. The van der Waals surface area contributed by atoms with Gasteiger partial charge in [-0.3, -0.25) is 19.7 Å². The first-order valence-corrected chi connectivity index (χ1v) is 10.4. The molecular formula is C22H21N3O5S. The van der Waals surface area contributed by atoms with E-state index in [0.29, 0.717) is 10.4 Å². The van der Waals surface area contributed by atoms with Crippen molar-refractivity contribution in [3.63, 3.8) is 0 Å². The van der Waals surface area contributed by atoms with E-state index in [2.05, 4.69) is 4.99 Å². The Morgan fingerprint density at radius 3 is 2.58 bits per heavy atom. The van der Waals surface area contributed by atoms with Crippen molar-refractivity contribution in [2.75, 3.05) is 6.61 Å². The topological polar surface area (TPSA) is 104 Å². The van der Waals surface area contributed by atoms with Crippen LogP contribution < -0.4 is 4.80 Å². The maximum absolute atomic E-state index is 12.5. The Morgan fingerprint density at radius 1 is 1.23 bits per heavy atom. The van der Waals surface area contributed by atoms with E-state index in [1.807, 2.05) is 26.0 Å². The lowest BCUT2D eigenvalue weighted by Crippen LogP contribution is -2.22. The van der Waals surface area contributed by atoms with Gasteiger partial charge in [0.05, 0.1) is 21.7 Å². The fourth-order valence-corrected chi connectivity index (χ4v) is 4.18. The quantitative estimate of drug-likeness (QED) is 0.250. The predicted molar refractivity (Wildman–Crippen MR) is 119 cm³/mol. The molecule has 0 aliphatic heterocycles. The predicted octanol–water partition coefficient (Wildman–Crippen LogP) is 3.93. The molecule has 0 N–H and O–H groups in total. The summed E-state index contributed by atoms with van der Waals surface area (Å²) in [5.41, 5.74) is 3.51. The van der Waals surface area contributed by atoms with Gasteiger partial charge in [-0.2, -0.15) is 4.99 Å². The fourth-order valence-electron chi connectivity index (χ4n) is 3.09. The first-order valence-electron chi connectivity index (χ1n) is 9.56. The number of hydrogen-bond donors (Lipinski definition) is 0. The zero-order valence-corrected chi connectivity index (χ0v) is 18.1. The van der Waals surface area contributed by atoms with Crippen molar-refractivity contribution in [2.45, 2.75) is 27.3 Å². The average molecular weight is 439 g/mol. The van der Waals surface area contributed by atoms with Crippen molar-refractivity contribution in [1.82, 2.24) is 4.57 Å². The second kappa shape index (κ2) is 9.48. The Balaban J connectivity index is 1.97. The van der Waals surface area contributed by atoms with Crippen LogP contribution in [-0.2, 0) is 20.9 Å². The van der Waals surface area contributed by atoms with Crippen molar-refractivity contribution in [2.24, 2.45) is 4.99 Å². The van der Waals surface area contributed by atoms with E-state index < -0.39 is 16.8 Å². The normalized spacial score (nSPS) is 11.9. The number of rotatable bonds is 6. The average Bonchev–Trinajstić information content (AvgIpc) is 3.04. The molecule has 0 aliphatic rings. The molecule has 1 aromatic heterocycles. The summed E-state index contributed by atoms with van der Waals surface area (Å²) in [4.78, 5) is 39.4. The molecule has 0 fully saturated rings. The van der Waals surface area contributed by atoms with Gasteiger partial charge < -0.3 is 9.30 Å². The van der Waals surface area contributed by atoms with Gasteiger partial charge >= 0.3 is 5.97 Å². The van der Waals surface area contributed by atoms with Crippen molar-refractivity contribution in [1.29, 1.82) is 0 Å². The number of non-ortho nitro benzene ring substituents is 1. The van der Waals surface area contributed by atoms with E-state index in [4.69, 9.17) is 4.74 Å². The number of fused-ring (bicyclic) bond motifs is 1. The molecular weight excluding hydrogens is 418 g/mol. The minimum atomic E-state index is -0.503. The third-order valence-electron chi connectivity index (χ3n) is 4.44. The number of amides is 1. The van der Waals surface area contributed by atoms with E-state index in [9.17, 15) is 19.7 Å². The van der Waals surface area contributed by atoms with E-state index in [-0.39, 0.29) is 18.8 Å². The fraction of sp³-hybridized carbons (Fsp3) is 0.227. The summed E-state index contributed by atoms with van der Waals surface area (Å²) in [6.45, 7) is 5.90. The maximum atomic E-state index is 12.5. The minimum Gasteiger partial charge on any atom is -0.465 e. The highest BCUT2D eigenvalue weighted by atomic mass is 32.1. The molecule has 0 spiro atoms. The van der Waals surface area contributed by atoms with Crippen LogP contribution in [0.1, 0.15) is 23.6 Å². The number of carbonyl (C=O) groups excluding carboxylic acids is 2. The van der Waals surface area contributed by atoms with E-state index >= 15 is 0 Å². The summed E-state index contributed by atoms with van der Waals surface area (Å²) in [6.07, 6.45) is 2.83. The smallest absolute Gasteiger partial charge is 0.326 e. The Bertz CT molecular complexity index is 1250. The lowest BCUT2D eigenvalue weighted by molar-refractivity contribution is -0.384. The number of nitrogens with zero attached hydrogens (tertiary/aromatic N) is 3. The van der Waals surface area contributed by atoms with Gasteiger partial charge in [-0.25, -0.2) is 0 Å². The SMILES string of the molecule is CCOC(=O)Cn1c(=NC(=O)/C=C\c2ccc([N+](=O)[O-])cc2)sc2c(C)cc(C)cc21. The van der Waals surface area contributed by atoms with E-state index in [1.165, 1.54) is 35.6 Å². The van der Waals surface area contributed by atoms with Crippen molar-refractivity contribution in [3.8, 4) is 0 Å². The second-order valence-corrected chi connectivity index (χ2v) is 7.82. The van der Waals surface area contributed by atoms with E-state index in [0.717, 1.165) is 21.3 Å². The number of aromatic nitrogens is 1. The van der Waals surface area contributed by atoms with Crippen molar-refractivity contribution < 1.29 is 19.2 Å². The number of hydrogen-bond acceptors (Lipinski definition) is 6. The van der Waals surface area contributed by atoms with Gasteiger partial charge in [0.2, 0.25) is 0 Å². The third kappa shape index (κ3) is 5.32. The van der Waals surface area contributed by atoms with Crippen LogP contribution in [0.4, 0.5) is 5.69 Å². The van der Waals surface area contributed by atoms with Crippen molar-refractivity contribution in [3.05, 3.63) is 74.1 Å². The van der Waals surface area contributed by atoms with Gasteiger partial charge in [0.25, 0.3) is 11.6 Å². The number of carbonyl (C=O) groups is 2. The molecule has 0 saturated heterocycles. The van der Waals surface area contributed by atoms with Crippen molar-refractivity contribution >= 4 is 45.2 Å². The summed E-state index contributed by atoms with van der Waals surface area (Å²) < 4.78 is 7.71. The molecule has 0 radical (unpaired) electrons. The molecule has 3 aromatic rings. The number of esters is 1. The minimum absolute atomic E-state index is 0.0240. The molecule has 0 bridgehead atoms. The Kier molecular flexibility index (Phi) is 6.76. The second-order valence-electron chi connectivity index (χ2n) is 6.84.